The van der Waals surface area contributed by atoms with Gasteiger partial charge < -0.3 is 4.42 Å². The first-order valence-corrected chi connectivity index (χ1v) is 7.10. The average Bonchev–Trinajstić information content (AvgIpc) is 3.02. The highest BCUT2D eigenvalue weighted by Crippen LogP contribution is 2.21. The van der Waals surface area contributed by atoms with Crippen molar-refractivity contribution < 1.29 is 9.21 Å². The molecule has 3 aromatic heterocycles. The number of ketones is 1. The number of carbonyl (C=O) groups is 1. The van der Waals surface area contributed by atoms with E-state index in [4.69, 9.17) is 4.42 Å². The largest absolute Gasteiger partial charge is 0.458 e. The van der Waals surface area contributed by atoms with E-state index in [2.05, 4.69) is 4.98 Å². The van der Waals surface area contributed by atoms with Crippen LogP contribution in [0.15, 0.2) is 28.8 Å². The first-order chi connectivity index (χ1) is 9.54. The van der Waals surface area contributed by atoms with Gasteiger partial charge in [0.25, 0.3) is 0 Å². The Kier molecular flexibility index (Phi) is 3.06. The monoisotopic (exact) mass is 286 g/mol. The Balaban J connectivity index is 1.94. The maximum atomic E-state index is 12.0. The zero-order valence-electron chi connectivity index (χ0n) is 11.5. The zero-order valence-corrected chi connectivity index (χ0v) is 12.3. The number of thiazole rings is 1. The van der Waals surface area contributed by atoms with Crippen molar-refractivity contribution in [1.82, 2.24) is 9.38 Å². The molecule has 102 valence electrons. The second-order valence-electron chi connectivity index (χ2n) is 4.68. The number of fused-ring (bicyclic) bond motifs is 1. The summed E-state index contributed by atoms with van der Waals surface area (Å²) in [6.07, 6.45) is 5.35. The molecule has 0 N–H and O–H groups in total. The Morgan fingerprint density at radius 2 is 2.15 bits per heavy atom. The highest BCUT2D eigenvalue weighted by molar-refractivity contribution is 7.17. The summed E-state index contributed by atoms with van der Waals surface area (Å²) < 4.78 is 7.32. The van der Waals surface area contributed by atoms with Crippen molar-refractivity contribution in [1.29, 1.82) is 0 Å². The molecular weight excluding hydrogens is 272 g/mol. The van der Waals surface area contributed by atoms with Gasteiger partial charge in [-0.2, -0.15) is 0 Å². The van der Waals surface area contributed by atoms with Gasteiger partial charge in [-0.1, -0.05) is 0 Å². The molecule has 0 saturated heterocycles. The number of aryl methyl sites for hydroxylation is 3. The molecule has 0 aliphatic rings. The molecule has 0 atom stereocenters. The van der Waals surface area contributed by atoms with Gasteiger partial charge in [-0.25, -0.2) is 4.98 Å². The number of imidazole rings is 1. The lowest BCUT2D eigenvalue weighted by Gasteiger charge is -1.93. The molecule has 0 aliphatic carbocycles. The van der Waals surface area contributed by atoms with Crippen LogP contribution in [-0.4, -0.2) is 15.2 Å². The van der Waals surface area contributed by atoms with E-state index in [1.807, 2.05) is 31.4 Å². The Bertz CT molecular complexity index is 820. The van der Waals surface area contributed by atoms with E-state index in [1.165, 1.54) is 11.0 Å². The van der Waals surface area contributed by atoms with Crippen molar-refractivity contribution in [3.63, 3.8) is 0 Å². The lowest BCUT2D eigenvalue weighted by atomic mass is 10.2. The Morgan fingerprint density at radius 3 is 2.85 bits per heavy atom. The van der Waals surface area contributed by atoms with Crippen LogP contribution in [0.25, 0.3) is 11.0 Å². The van der Waals surface area contributed by atoms with Crippen molar-refractivity contribution in [2.24, 2.45) is 0 Å². The molecule has 0 radical (unpaired) electrons. The van der Waals surface area contributed by atoms with Crippen LogP contribution in [0.2, 0.25) is 0 Å². The summed E-state index contributed by atoms with van der Waals surface area (Å²) in [5.74, 6) is 0.955. The van der Waals surface area contributed by atoms with Gasteiger partial charge in [0.15, 0.2) is 10.7 Å². The van der Waals surface area contributed by atoms with Crippen molar-refractivity contribution in [3.05, 3.63) is 52.2 Å². The third-order valence-electron chi connectivity index (χ3n) is 3.04. The summed E-state index contributed by atoms with van der Waals surface area (Å²) in [7, 11) is 0. The molecule has 4 nitrogen and oxygen atoms in total. The molecule has 5 heteroatoms. The molecule has 0 aromatic carbocycles. The first kappa shape index (κ1) is 12.9. The van der Waals surface area contributed by atoms with E-state index >= 15 is 0 Å². The number of nitrogens with zero attached hydrogens (tertiary/aromatic N) is 2. The minimum atomic E-state index is -0.139. The standard InChI is InChI=1S/C15H14N2O2S/c1-9-4-7-14(19-9)13(18)6-5-12-11(3)16-15-17(12)8-10(2)20-15/h4-8H,1-3H3/b6-5+. The minimum absolute atomic E-state index is 0.139. The summed E-state index contributed by atoms with van der Waals surface area (Å²) in [6.45, 7) is 5.80. The molecule has 0 bridgehead atoms. The van der Waals surface area contributed by atoms with Crippen molar-refractivity contribution in [2.45, 2.75) is 20.8 Å². The van der Waals surface area contributed by atoms with Crippen molar-refractivity contribution in [3.8, 4) is 0 Å². The van der Waals surface area contributed by atoms with Crippen LogP contribution in [0.4, 0.5) is 0 Å². The van der Waals surface area contributed by atoms with E-state index < -0.39 is 0 Å². The van der Waals surface area contributed by atoms with Gasteiger partial charge in [-0.05, 0) is 45.1 Å². The number of hydrogen-bond acceptors (Lipinski definition) is 4. The molecule has 0 amide bonds. The Hall–Kier alpha value is -2.14. The third-order valence-corrected chi connectivity index (χ3v) is 3.94. The van der Waals surface area contributed by atoms with Crippen LogP contribution in [0.5, 0.6) is 0 Å². The Morgan fingerprint density at radius 1 is 1.35 bits per heavy atom. The number of hydrogen-bond donors (Lipinski definition) is 0. The maximum Gasteiger partial charge on any atom is 0.221 e. The number of aromatic nitrogens is 2. The summed E-state index contributed by atoms with van der Waals surface area (Å²) in [5, 5.41) is 0. The summed E-state index contributed by atoms with van der Waals surface area (Å²) in [4.78, 5) is 18.6. The number of allylic oxidation sites excluding steroid dienone is 1. The van der Waals surface area contributed by atoms with Crippen molar-refractivity contribution >= 4 is 28.2 Å². The van der Waals surface area contributed by atoms with Gasteiger partial charge in [0.1, 0.15) is 5.76 Å². The lowest BCUT2D eigenvalue weighted by Crippen LogP contribution is -1.92. The van der Waals surface area contributed by atoms with E-state index in [9.17, 15) is 4.79 Å². The molecule has 0 unspecified atom stereocenters. The van der Waals surface area contributed by atoms with Gasteiger partial charge in [-0.3, -0.25) is 9.20 Å². The summed E-state index contributed by atoms with van der Waals surface area (Å²) >= 11 is 1.64. The van der Waals surface area contributed by atoms with E-state index in [0.717, 1.165) is 22.1 Å². The van der Waals surface area contributed by atoms with Crippen LogP contribution in [0.3, 0.4) is 0 Å². The van der Waals surface area contributed by atoms with Gasteiger partial charge in [0.05, 0.1) is 11.4 Å². The molecule has 3 rings (SSSR count). The topological polar surface area (TPSA) is 47.5 Å². The van der Waals surface area contributed by atoms with Gasteiger partial charge in [0, 0.05) is 11.1 Å². The Labute approximate surface area is 120 Å². The highest BCUT2D eigenvalue weighted by atomic mass is 32.1. The fourth-order valence-corrected chi connectivity index (χ4v) is 2.96. The normalized spacial score (nSPS) is 11.8. The van der Waals surface area contributed by atoms with E-state index in [1.54, 1.807) is 29.5 Å². The van der Waals surface area contributed by atoms with Crippen molar-refractivity contribution in [2.75, 3.05) is 0 Å². The van der Waals surface area contributed by atoms with Crippen LogP contribution in [0.1, 0.15) is 32.6 Å². The molecule has 0 spiro atoms. The molecular formula is C15H14N2O2S. The minimum Gasteiger partial charge on any atom is -0.458 e. The van der Waals surface area contributed by atoms with Gasteiger partial charge in [-0.15, -0.1) is 11.3 Å². The van der Waals surface area contributed by atoms with E-state index in [0.29, 0.717) is 5.76 Å². The first-order valence-electron chi connectivity index (χ1n) is 6.28. The van der Waals surface area contributed by atoms with Crippen LogP contribution in [0, 0.1) is 20.8 Å². The van der Waals surface area contributed by atoms with Gasteiger partial charge in [0.2, 0.25) is 5.78 Å². The number of furan rings is 1. The zero-order chi connectivity index (χ0) is 14.3. The van der Waals surface area contributed by atoms with E-state index in [-0.39, 0.29) is 5.78 Å². The quantitative estimate of drug-likeness (QED) is 0.543. The number of carbonyl (C=O) groups excluding carboxylic acids is 1. The fourth-order valence-electron chi connectivity index (χ4n) is 2.09. The SMILES string of the molecule is Cc1ccc(C(=O)/C=C/c2c(C)nc3sc(C)cn23)o1. The predicted octanol–water partition coefficient (Wildman–Crippen LogP) is 3.81. The smallest absolute Gasteiger partial charge is 0.221 e. The fraction of sp³-hybridized carbons (Fsp3) is 0.200. The summed E-state index contributed by atoms with van der Waals surface area (Å²) in [6, 6.07) is 3.47. The lowest BCUT2D eigenvalue weighted by molar-refractivity contribution is 0.102. The molecule has 0 aliphatic heterocycles. The van der Waals surface area contributed by atoms with Crippen LogP contribution < -0.4 is 0 Å². The molecule has 0 saturated carbocycles. The summed E-state index contributed by atoms with van der Waals surface area (Å²) in [5.41, 5.74) is 1.84. The van der Waals surface area contributed by atoms with Crippen LogP contribution in [-0.2, 0) is 0 Å². The second kappa shape index (κ2) is 4.76. The third kappa shape index (κ3) is 2.20. The molecule has 3 heterocycles. The highest BCUT2D eigenvalue weighted by Gasteiger charge is 2.10. The molecule has 20 heavy (non-hydrogen) atoms. The second-order valence-corrected chi connectivity index (χ2v) is 5.90. The van der Waals surface area contributed by atoms with Gasteiger partial charge >= 0.3 is 0 Å². The predicted molar refractivity (Wildman–Crippen MR) is 79.4 cm³/mol. The maximum absolute atomic E-state index is 12.0. The van der Waals surface area contributed by atoms with Crippen LogP contribution >= 0.6 is 11.3 Å². The molecule has 3 aromatic rings. The number of rotatable bonds is 3. The average molecular weight is 286 g/mol. The molecule has 0 fully saturated rings.